The number of aromatic nitrogens is 1. The molecule has 0 fully saturated rings. The molecule has 0 saturated carbocycles. The summed E-state index contributed by atoms with van der Waals surface area (Å²) < 4.78 is 4.27. The summed E-state index contributed by atoms with van der Waals surface area (Å²) in [6, 6.07) is 3.79. The SMILES string of the molecule is O=C(O)c1ccc2[nH]c(=O)oc(=O)c2c1. The lowest BCUT2D eigenvalue weighted by Gasteiger charge is -1.96. The van der Waals surface area contributed by atoms with E-state index in [-0.39, 0.29) is 16.5 Å². The predicted octanol–water partition coefficient (Wildman–Crippen LogP) is 0.179. The number of aromatic carboxylic acids is 1. The number of nitrogens with one attached hydrogen (secondary N) is 1. The highest BCUT2D eigenvalue weighted by Gasteiger charge is 2.07. The van der Waals surface area contributed by atoms with Crippen molar-refractivity contribution in [2.24, 2.45) is 0 Å². The van der Waals surface area contributed by atoms with Crippen LogP contribution < -0.4 is 11.4 Å². The molecule has 0 aliphatic rings. The van der Waals surface area contributed by atoms with Crippen molar-refractivity contribution in [3.8, 4) is 0 Å². The number of hydrogen-bond acceptors (Lipinski definition) is 4. The van der Waals surface area contributed by atoms with E-state index in [1.807, 2.05) is 0 Å². The first-order valence-corrected chi connectivity index (χ1v) is 3.98. The lowest BCUT2D eigenvalue weighted by Crippen LogP contribution is -2.14. The average Bonchev–Trinajstić information content (AvgIpc) is 2.16. The highest BCUT2D eigenvalue weighted by molar-refractivity contribution is 5.92. The van der Waals surface area contributed by atoms with Crippen LogP contribution in [0.15, 0.2) is 32.2 Å². The van der Waals surface area contributed by atoms with Crippen LogP contribution in [0, 0.1) is 0 Å². The second kappa shape index (κ2) is 3.09. The number of carbonyl (C=O) groups is 1. The van der Waals surface area contributed by atoms with E-state index in [9.17, 15) is 14.4 Å². The molecule has 1 aromatic heterocycles. The largest absolute Gasteiger partial charge is 0.478 e. The number of carboxylic acids is 1. The van der Waals surface area contributed by atoms with E-state index in [1.165, 1.54) is 12.1 Å². The number of hydrogen-bond donors (Lipinski definition) is 2. The first-order chi connectivity index (χ1) is 7.08. The van der Waals surface area contributed by atoms with Crippen LogP contribution in [0.25, 0.3) is 10.9 Å². The van der Waals surface area contributed by atoms with E-state index >= 15 is 0 Å². The molecule has 2 N–H and O–H groups in total. The molecule has 6 heteroatoms. The molecule has 0 bridgehead atoms. The summed E-state index contributed by atoms with van der Waals surface area (Å²) in [5.74, 6) is -2.02. The number of H-pyrrole nitrogens is 1. The Morgan fingerprint density at radius 3 is 2.73 bits per heavy atom. The third-order valence-electron chi connectivity index (χ3n) is 1.91. The second-order valence-corrected chi connectivity index (χ2v) is 2.87. The molecule has 76 valence electrons. The normalized spacial score (nSPS) is 10.4. The summed E-state index contributed by atoms with van der Waals surface area (Å²) in [4.78, 5) is 34.9. The molecular weight excluding hydrogens is 202 g/mol. The van der Waals surface area contributed by atoms with E-state index in [0.29, 0.717) is 0 Å². The van der Waals surface area contributed by atoms with Crippen molar-refractivity contribution in [2.45, 2.75) is 0 Å². The summed E-state index contributed by atoms with van der Waals surface area (Å²) >= 11 is 0. The molecule has 0 amide bonds. The molecule has 0 radical (unpaired) electrons. The molecule has 0 aliphatic carbocycles. The van der Waals surface area contributed by atoms with Gasteiger partial charge in [0.2, 0.25) is 0 Å². The lowest BCUT2D eigenvalue weighted by atomic mass is 10.1. The highest BCUT2D eigenvalue weighted by Crippen LogP contribution is 2.08. The minimum Gasteiger partial charge on any atom is -0.478 e. The summed E-state index contributed by atoms with van der Waals surface area (Å²) in [5.41, 5.74) is -0.639. The zero-order chi connectivity index (χ0) is 11.0. The fraction of sp³-hybridized carbons (Fsp3) is 0. The van der Waals surface area contributed by atoms with Gasteiger partial charge in [0.05, 0.1) is 16.5 Å². The third-order valence-corrected chi connectivity index (χ3v) is 1.91. The van der Waals surface area contributed by atoms with Gasteiger partial charge in [-0.3, -0.25) is 4.98 Å². The standard InChI is InChI=1S/C9H5NO5/c11-7(12)4-1-2-6-5(3-4)8(13)15-9(14)10-6/h1-3H,(H,10,14)(H,11,12). The fourth-order valence-electron chi connectivity index (χ4n) is 1.23. The van der Waals surface area contributed by atoms with Crippen LogP contribution >= 0.6 is 0 Å². The number of rotatable bonds is 1. The Hall–Kier alpha value is -2.37. The summed E-state index contributed by atoms with van der Waals surface area (Å²) in [6.07, 6.45) is 0. The van der Waals surface area contributed by atoms with Crippen LogP contribution in [-0.2, 0) is 0 Å². The van der Waals surface area contributed by atoms with Gasteiger partial charge in [-0.2, -0.15) is 0 Å². The summed E-state index contributed by atoms with van der Waals surface area (Å²) in [5, 5.41) is 8.72. The van der Waals surface area contributed by atoms with Crippen LogP contribution in [0.2, 0.25) is 0 Å². The van der Waals surface area contributed by atoms with Crippen LogP contribution in [-0.4, -0.2) is 16.1 Å². The lowest BCUT2D eigenvalue weighted by molar-refractivity contribution is 0.0697. The number of fused-ring (bicyclic) bond motifs is 1. The molecular formula is C9H5NO5. The first kappa shape index (κ1) is 9.20. The zero-order valence-electron chi connectivity index (χ0n) is 7.31. The van der Waals surface area contributed by atoms with Crippen molar-refractivity contribution in [1.29, 1.82) is 0 Å². The molecule has 2 rings (SSSR count). The quantitative estimate of drug-likeness (QED) is 0.694. The summed E-state index contributed by atoms with van der Waals surface area (Å²) in [6.45, 7) is 0. The third kappa shape index (κ3) is 1.52. The average molecular weight is 207 g/mol. The molecule has 15 heavy (non-hydrogen) atoms. The van der Waals surface area contributed by atoms with E-state index in [1.54, 1.807) is 0 Å². The van der Waals surface area contributed by atoms with Crippen molar-refractivity contribution < 1.29 is 14.3 Å². The van der Waals surface area contributed by atoms with Crippen molar-refractivity contribution in [1.82, 2.24) is 4.98 Å². The molecule has 0 unspecified atom stereocenters. The van der Waals surface area contributed by atoms with Gasteiger partial charge in [0, 0.05) is 0 Å². The number of aromatic amines is 1. The van der Waals surface area contributed by atoms with E-state index in [0.717, 1.165) is 6.07 Å². The van der Waals surface area contributed by atoms with E-state index in [2.05, 4.69) is 9.40 Å². The first-order valence-electron chi connectivity index (χ1n) is 3.98. The molecule has 6 nitrogen and oxygen atoms in total. The van der Waals surface area contributed by atoms with Crippen molar-refractivity contribution in [2.75, 3.05) is 0 Å². The van der Waals surface area contributed by atoms with Gasteiger partial charge in [-0.25, -0.2) is 14.4 Å². The monoisotopic (exact) mass is 207 g/mol. The van der Waals surface area contributed by atoms with Gasteiger partial charge >= 0.3 is 17.4 Å². The smallest absolute Gasteiger partial charge is 0.419 e. The Labute approximate surface area is 81.8 Å². The highest BCUT2D eigenvalue weighted by atomic mass is 16.4. The molecule has 0 spiro atoms. The summed E-state index contributed by atoms with van der Waals surface area (Å²) in [7, 11) is 0. The molecule has 1 heterocycles. The number of carboxylic acid groups (broad SMARTS) is 1. The predicted molar refractivity (Wildman–Crippen MR) is 50.1 cm³/mol. The minimum absolute atomic E-state index is 0.0366. The molecule has 1 aromatic carbocycles. The van der Waals surface area contributed by atoms with Crippen molar-refractivity contribution in [3.63, 3.8) is 0 Å². The maximum Gasteiger partial charge on any atom is 0.419 e. The van der Waals surface area contributed by atoms with Gasteiger partial charge in [-0.05, 0) is 18.2 Å². The van der Waals surface area contributed by atoms with Gasteiger partial charge in [-0.15, -0.1) is 0 Å². The Morgan fingerprint density at radius 2 is 2.07 bits per heavy atom. The Bertz CT molecular complexity index is 651. The maximum atomic E-state index is 11.2. The van der Waals surface area contributed by atoms with Crippen LogP contribution in [0.3, 0.4) is 0 Å². The van der Waals surface area contributed by atoms with E-state index in [4.69, 9.17) is 5.11 Å². The second-order valence-electron chi connectivity index (χ2n) is 2.87. The number of benzene rings is 1. The fourth-order valence-corrected chi connectivity index (χ4v) is 1.23. The topological polar surface area (TPSA) is 100 Å². The Kier molecular flexibility index (Phi) is 1.89. The minimum atomic E-state index is -1.15. The van der Waals surface area contributed by atoms with Crippen molar-refractivity contribution >= 4 is 16.9 Å². The van der Waals surface area contributed by atoms with Gasteiger partial charge in [0.25, 0.3) is 0 Å². The van der Waals surface area contributed by atoms with Gasteiger partial charge < -0.3 is 9.52 Å². The Morgan fingerprint density at radius 1 is 1.33 bits per heavy atom. The van der Waals surface area contributed by atoms with Crippen LogP contribution in [0.1, 0.15) is 10.4 Å². The van der Waals surface area contributed by atoms with Gasteiger partial charge in [-0.1, -0.05) is 0 Å². The molecule has 2 aromatic rings. The maximum absolute atomic E-state index is 11.2. The van der Waals surface area contributed by atoms with Gasteiger partial charge in [0.15, 0.2) is 0 Å². The molecule has 0 atom stereocenters. The zero-order valence-corrected chi connectivity index (χ0v) is 7.31. The van der Waals surface area contributed by atoms with Crippen LogP contribution in [0.5, 0.6) is 0 Å². The Balaban J connectivity index is 2.89. The van der Waals surface area contributed by atoms with E-state index < -0.39 is 17.4 Å². The van der Waals surface area contributed by atoms with Gasteiger partial charge in [0.1, 0.15) is 0 Å². The molecule has 0 saturated heterocycles. The van der Waals surface area contributed by atoms with Crippen molar-refractivity contribution in [3.05, 3.63) is 44.7 Å². The van der Waals surface area contributed by atoms with Crippen LogP contribution in [0.4, 0.5) is 0 Å². The molecule has 0 aliphatic heterocycles.